The second-order valence-corrected chi connectivity index (χ2v) is 7.72. The van der Waals surface area contributed by atoms with Gasteiger partial charge in [-0.2, -0.15) is 5.10 Å². The minimum Gasteiger partial charge on any atom is -0.454 e. The summed E-state index contributed by atoms with van der Waals surface area (Å²) in [6.07, 6.45) is 1.66. The molecule has 0 aliphatic carbocycles. The summed E-state index contributed by atoms with van der Waals surface area (Å²) in [6.45, 7) is 6.31. The molecule has 2 heterocycles. The van der Waals surface area contributed by atoms with Crippen LogP contribution >= 0.6 is 15.9 Å². The Bertz CT molecular complexity index is 1130. The summed E-state index contributed by atoms with van der Waals surface area (Å²) in [5.41, 5.74) is 8.34. The third-order valence-corrected chi connectivity index (χ3v) is 5.74. The van der Waals surface area contributed by atoms with Crippen LogP contribution in [0.4, 0.5) is 0 Å². The first-order valence-electron chi connectivity index (χ1n) is 9.12. The molecule has 0 unspecified atom stereocenters. The van der Waals surface area contributed by atoms with E-state index in [1.807, 2.05) is 19.9 Å². The minimum absolute atomic E-state index is 0.172. The fraction of sp³-hybridized carbons (Fsp3) is 0.182. The fourth-order valence-corrected chi connectivity index (χ4v) is 3.67. The molecule has 0 bridgehead atoms. The van der Waals surface area contributed by atoms with Crippen LogP contribution in [0.3, 0.4) is 0 Å². The van der Waals surface area contributed by atoms with Crippen LogP contribution < -0.4 is 14.9 Å². The molecule has 3 aromatic rings. The van der Waals surface area contributed by atoms with Crippen molar-refractivity contribution in [1.82, 2.24) is 9.99 Å². The Balaban J connectivity index is 1.51. The van der Waals surface area contributed by atoms with E-state index in [0.717, 1.165) is 27.1 Å². The van der Waals surface area contributed by atoms with Crippen LogP contribution in [0, 0.1) is 20.8 Å². The van der Waals surface area contributed by atoms with Gasteiger partial charge in [0.15, 0.2) is 11.5 Å². The number of aromatic nitrogens is 1. The van der Waals surface area contributed by atoms with Crippen molar-refractivity contribution in [2.75, 3.05) is 6.79 Å². The first kappa shape index (κ1) is 19.3. The zero-order valence-corrected chi connectivity index (χ0v) is 17.9. The number of benzene rings is 2. The number of hydrazone groups is 1. The largest absolute Gasteiger partial charge is 0.454 e. The van der Waals surface area contributed by atoms with Crippen LogP contribution in [-0.4, -0.2) is 23.5 Å². The summed E-state index contributed by atoms with van der Waals surface area (Å²) < 4.78 is 13.8. The van der Waals surface area contributed by atoms with Gasteiger partial charge in [0.05, 0.1) is 6.21 Å². The molecule has 2 aromatic carbocycles. The van der Waals surface area contributed by atoms with Crippen molar-refractivity contribution in [3.05, 3.63) is 75.0 Å². The molecular weight excluding hydrogens is 434 g/mol. The van der Waals surface area contributed by atoms with Gasteiger partial charge in [0.2, 0.25) is 6.79 Å². The average molecular weight is 454 g/mol. The normalized spacial score (nSPS) is 12.6. The number of nitrogens with one attached hydrogen (secondary N) is 1. The predicted octanol–water partition coefficient (Wildman–Crippen LogP) is 4.66. The molecule has 0 saturated carbocycles. The molecule has 0 radical (unpaired) electrons. The number of aryl methyl sites for hydroxylation is 2. The topological polar surface area (TPSA) is 64.9 Å². The lowest BCUT2D eigenvalue weighted by atomic mass is 10.2. The lowest BCUT2D eigenvalue weighted by Crippen LogP contribution is -2.17. The van der Waals surface area contributed by atoms with Crippen LogP contribution in [-0.2, 0) is 0 Å². The Morgan fingerprint density at radius 1 is 1.10 bits per heavy atom. The van der Waals surface area contributed by atoms with Crippen LogP contribution in [0.5, 0.6) is 11.5 Å². The average Bonchev–Trinajstić information content (AvgIpc) is 3.27. The van der Waals surface area contributed by atoms with Crippen molar-refractivity contribution in [2.45, 2.75) is 20.8 Å². The van der Waals surface area contributed by atoms with E-state index in [4.69, 9.17) is 9.47 Å². The molecular formula is C22H20BrN3O3. The Morgan fingerprint density at radius 2 is 1.90 bits per heavy atom. The SMILES string of the molecule is Cc1ccc(-n2c(C)cc(/C=N\NC(=O)c3ccc4c(c3)OCO4)c2C)cc1Br. The van der Waals surface area contributed by atoms with Gasteiger partial charge in [-0.15, -0.1) is 0 Å². The quantitative estimate of drug-likeness (QED) is 0.461. The molecule has 0 fully saturated rings. The van der Waals surface area contributed by atoms with Crippen LogP contribution in [0.15, 0.2) is 52.0 Å². The van der Waals surface area contributed by atoms with E-state index < -0.39 is 0 Å². The van der Waals surface area contributed by atoms with Gasteiger partial charge in [-0.05, 0) is 62.7 Å². The third-order valence-electron chi connectivity index (χ3n) is 4.89. The van der Waals surface area contributed by atoms with E-state index in [1.54, 1.807) is 24.4 Å². The molecule has 0 atom stereocenters. The number of amides is 1. The van der Waals surface area contributed by atoms with Crippen LogP contribution in [0.2, 0.25) is 0 Å². The van der Waals surface area contributed by atoms with Gasteiger partial charge in [-0.1, -0.05) is 22.0 Å². The number of nitrogens with zero attached hydrogens (tertiary/aromatic N) is 2. The molecule has 0 spiro atoms. The molecule has 7 heteroatoms. The number of carbonyl (C=O) groups excluding carboxylic acids is 1. The van der Waals surface area contributed by atoms with Crippen molar-refractivity contribution >= 4 is 28.1 Å². The maximum absolute atomic E-state index is 12.4. The number of hydrogen-bond donors (Lipinski definition) is 1. The Hall–Kier alpha value is -3.06. The highest BCUT2D eigenvalue weighted by molar-refractivity contribution is 9.10. The van der Waals surface area contributed by atoms with Crippen molar-refractivity contribution < 1.29 is 14.3 Å². The predicted molar refractivity (Wildman–Crippen MR) is 115 cm³/mol. The molecule has 1 aromatic heterocycles. The molecule has 1 N–H and O–H groups in total. The summed E-state index contributed by atoms with van der Waals surface area (Å²) in [5, 5.41) is 4.13. The molecule has 6 nitrogen and oxygen atoms in total. The van der Waals surface area contributed by atoms with E-state index in [2.05, 4.69) is 56.1 Å². The molecule has 29 heavy (non-hydrogen) atoms. The second kappa shape index (κ2) is 7.75. The van der Waals surface area contributed by atoms with Crippen molar-refractivity contribution in [1.29, 1.82) is 0 Å². The summed E-state index contributed by atoms with van der Waals surface area (Å²) in [6, 6.07) is 13.3. The number of rotatable bonds is 4. The van der Waals surface area contributed by atoms with Crippen molar-refractivity contribution in [3.63, 3.8) is 0 Å². The number of ether oxygens (including phenoxy) is 2. The second-order valence-electron chi connectivity index (χ2n) is 6.86. The molecule has 148 valence electrons. The zero-order chi connectivity index (χ0) is 20.5. The summed E-state index contributed by atoms with van der Waals surface area (Å²) in [7, 11) is 0. The van der Waals surface area contributed by atoms with Gasteiger partial charge in [0, 0.05) is 32.7 Å². The van der Waals surface area contributed by atoms with E-state index in [9.17, 15) is 4.79 Å². The summed E-state index contributed by atoms with van der Waals surface area (Å²) in [4.78, 5) is 12.4. The molecule has 1 amide bonds. The smallest absolute Gasteiger partial charge is 0.271 e. The zero-order valence-electron chi connectivity index (χ0n) is 16.3. The summed E-state index contributed by atoms with van der Waals surface area (Å²) >= 11 is 3.59. The maximum atomic E-state index is 12.4. The van der Waals surface area contributed by atoms with Crippen molar-refractivity contribution in [2.24, 2.45) is 5.10 Å². The highest BCUT2D eigenvalue weighted by atomic mass is 79.9. The van der Waals surface area contributed by atoms with Gasteiger partial charge in [-0.3, -0.25) is 4.79 Å². The van der Waals surface area contributed by atoms with Gasteiger partial charge >= 0.3 is 0 Å². The first-order valence-corrected chi connectivity index (χ1v) is 9.92. The number of halogens is 1. The number of hydrogen-bond acceptors (Lipinski definition) is 4. The van der Waals surface area contributed by atoms with Gasteiger partial charge in [0.1, 0.15) is 0 Å². The summed E-state index contributed by atoms with van der Waals surface area (Å²) in [5.74, 6) is 0.894. The van der Waals surface area contributed by atoms with Gasteiger partial charge < -0.3 is 14.0 Å². The van der Waals surface area contributed by atoms with Gasteiger partial charge in [-0.25, -0.2) is 5.43 Å². The van der Waals surface area contributed by atoms with Crippen LogP contribution in [0.1, 0.15) is 32.9 Å². The van der Waals surface area contributed by atoms with Gasteiger partial charge in [0.25, 0.3) is 5.91 Å². The highest BCUT2D eigenvalue weighted by Crippen LogP contribution is 2.32. The minimum atomic E-state index is -0.309. The lowest BCUT2D eigenvalue weighted by molar-refractivity contribution is 0.0954. The first-order chi connectivity index (χ1) is 13.9. The van der Waals surface area contributed by atoms with E-state index in [0.29, 0.717) is 17.1 Å². The van der Waals surface area contributed by atoms with E-state index >= 15 is 0 Å². The molecule has 1 aliphatic heterocycles. The monoisotopic (exact) mass is 453 g/mol. The number of fused-ring (bicyclic) bond motifs is 1. The van der Waals surface area contributed by atoms with E-state index in [1.165, 1.54) is 5.56 Å². The molecule has 4 rings (SSSR count). The number of carbonyl (C=O) groups is 1. The van der Waals surface area contributed by atoms with Crippen LogP contribution in [0.25, 0.3) is 5.69 Å². The highest BCUT2D eigenvalue weighted by Gasteiger charge is 2.16. The lowest BCUT2D eigenvalue weighted by Gasteiger charge is -2.11. The Morgan fingerprint density at radius 3 is 2.69 bits per heavy atom. The Labute approximate surface area is 177 Å². The molecule has 1 aliphatic rings. The molecule has 0 saturated heterocycles. The third kappa shape index (κ3) is 3.78. The standard InChI is InChI=1S/C22H20BrN3O3/c1-13-4-6-18(10-19(13)23)26-14(2)8-17(15(26)3)11-24-25-22(27)16-5-7-20-21(9-16)29-12-28-20/h4-11H,12H2,1-3H3,(H,25,27)/b24-11-. The fourth-order valence-electron chi connectivity index (χ4n) is 3.30. The maximum Gasteiger partial charge on any atom is 0.271 e. The van der Waals surface area contributed by atoms with Crippen molar-refractivity contribution in [3.8, 4) is 17.2 Å². The van der Waals surface area contributed by atoms with E-state index in [-0.39, 0.29) is 12.7 Å². The Kier molecular flexibility index (Phi) is 5.15.